The Balaban J connectivity index is 1.60. The first-order chi connectivity index (χ1) is 14.0. The first-order valence-corrected chi connectivity index (χ1v) is 11.1. The molecule has 2 aliphatic rings. The van der Waals surface area contributed by atoms with Crippen molar-refractivity contribution in [2.75, 3.05) is 26.4 Å². The van der Waals surface area contributed by atoms with Crippen molar-refractivity contribution in [2.24, 2.45) is 0 Å². The van der Waals surface area contributed by atoms with Gasteiger partial charge in [-0.15, -0.1) is 0 Å². The van der Waals surface area contributed by atoms with Crippen molar-refractivity contribution in [1.82, 2.24) is 4.31 Å². The van der Waals surface area contributed by atoms with Crippen molar-refractivity contribution in [1.29, 1.82) is 0 Å². The van der Waals surface area contributed by atoms with Crippen LogP contribution in [0.1, 0.15) is 41.7 Å². The van der Waals surface area contributed by atoms with E-state index in [9.17, 15) is 13.2 Å². The Morgan fingerprint density at radius 1 is 1.10 bits per heavy atom. The summed E-state index contributed by atoms with van der Waals surface area (Å²) in [6, 6.07) is 11.2. The topological polar surface area (TPSA) is 82.1 Å². The number of benzene rings is 2. The maximum absolute atomic E-state index is 13.3. The third-order valence-electron chi connectivity index (χ3n) is 5.13. The highest BCUT2D eigenvalue weighted by Gasteiger charge is 2.36. The number of fused-ring (bicyclic) bond motifs is 1. The zero-order valence-corrected chi connectivity index (χ0v) is 17.0. The number of nitrogens with zero attached hydrogens (tertiary/aromatic N) is 1. The largest absolute Gasteiger partial charge is 0.486 e. The lowest BCUT2D eigenvalue weighted by molar-refractivity contribution is 0.0526. The van der Waals surface area contributed by atoms with E-state index in [0.29, 0.717) is 36.8 Å². The molecule has 0 aliphatic carbocycles. The van der Waals surface area contributed by atoms with Gasteiger partial charge in [-0.1, -0.05) is 6.07 Å². The molecule has 0 bridgehead atoms. The Kier molecular flexibility index (Phi) is 5.47. The summed E-state index contributed by atoms with van der Waals surface area (Å²) in [5, 5.41) is 0. The summed E-state index contributed by atoms with van der Waals surface area (Å²) in [5.41, 5.74) is 1.22. The third kappa shape index (κ3) is 3.82. The molecule has 1 fully saturated rings. The van der Waals surface area contributed by atoms with Crippen LogP contribution in [0.15, 0.2) is 47.4 Å². The number of carbonyl (C=O) groups excluding carboxylic acids is 1. The van der Waals surface area contributed by atoms with E-state index in [0.717, 1.165) is 18.4 Å². The molecule has 0 aromatic heterocycles. The second-order valence-electron chi connectivity index (χ2n) is 6.92. The van der Waals surface area contributed by atoms with Gasteiger partial charge in [-0.25, -0.2) is 13.2 Å². The summed E-state index contributed by atoms with van der Waals surface area (Å²) in [5.74, 6) is 0.866. The summed E-state index contributed by atoms with van der Waals surface area (Å²) in [7, 11) is -3.70. The summed E-state index contributed by atoms with van der Waals surface area (Å²) in [6.07, 6.45) is 1.51. The number of hydrogen-bond acceptors (Lipinski definition) is 6. The van der Waals surface area contributed by atoms with Crippen LogP contribution in [0.3, 0.4) is 0 Å². The quantitative estimate of drug-likeness (QED) is 0.695. The molecule has 0 saturated carbocycles. The minimum atomic E-state index is -3.70. The van der Waals surface area contributed by atoms with Crippen molar-refractivity contribution in [3.63, 3.8) is 0 Å². The Hall–Kier alpha value is -2.58. The van der Waals surface area contributed by atoms with Gasteiger partial charge in [0.15, 0.2) is 11.5 Å². The van der Waals surface area contributed by atoms with Gasteiger partial charge < -0.3 is 14.2 Å². The molecular formula is C21H23NO6S. The smallest absolute Gasteiger partial charge is 0.338 e. The highest BCUT2D eigenvalue weighted by atomic mass is 32.2. The molecule has 0 amide bonds. The van der Waals surface area contributed by atoms with Gasteiger partial charge in [0.05, 0.1) is 23.1 Å². The van der Waals surface area contributed by atoms with E-state index in [1.807, 2.05) is 18.2 Å². The molecule has 154 valence electrons. The van der Waals surface area contributed by atoms with Crippen LogP contribution in [0, 0.1) is 0 Å². The fourth-order valence-electron chi connectivity index (χ4n) is 3.74. The van der Waals surface area contributed by atoms with Gasteiger partial charge in [0.25, 0.3) is 0 Å². The lowest BCUT2D eigenvalue weighted by Crippen LogP contribution is -2.30. The summed E-state index contributed by atoms with van der Waals surface area (Å²) >= 11 is 0. The molecule has 1 saturated heterocycles. The Morgan fingerprint density at radius 3 is 2.55 bits per heavy atom. The number of ether oxygens (including phenoxy) is 3. The van der Waals surface area contributed by atoms with Gasteiger partial charge in [-0.2, -0.15) is 4.31 Å². The van der Waals surface area contributed by atoms with Crippen LogP contribution < -0.4 is 9.47 Å². The molecule has 8 heteroatoms. The van der Waals surface area contributed by atoms with Crippen LogP contribution in [0.4, 0.5) is 0 Å². The van der Waals surface area contributed by atoms with Gasteiger partial charge in [0, 0.05) is 6.54 Å². The number of carbonyl (C=O) groups is 1. The molecule has 2 heterocycles. The minimum Gasteiger partial charge on any atom is -0.486 e. The highest BCUT2D eigenvalue weighted by Crippen LogP contribution is 2.40. The first kappa shape index (κ1) is 19.7. The monoisotopic (exact) mass is 417 g/mol. The number of rotatable bonds is 5. The van der Waals surface area contributed by atoms with E-state index in [1.165, 1.54) is 28.6 Å². The molecule has 2 aromatic carbocycles. The van der Waals surface area contributed by atoms with Crippen LogP contribution in [-0.4, -0.2) is 45.1 Å². The molecule has 0 spiro atoms. The molecular weight excluding hydrogens is 394 g/mol. The van der Waals surface area contributed by atoms with Crippen LogP contribution >= 0.6 is 0 Å². The predicted molar refractivity (Wildman–Crippen MR) is 106 cm³/mol. The zero-order chi connectivity index (χ0) is 20.4. The molecule has 7 nitrogen and oxygen atoms in total. The molecule has 0 radical (unpaired) electrons. The molecule has 29 heavy (non-hydrogen) atoms. The summed E-state index contributed by atoms with van der Waals surface area (Å²) in [6.45, 7) is 3.43. The lowest BCUT2D eigenvalue weighted by Gasteiger charge is -2.26. The van der Waals surface area contributed by atoms with Gasteiger partial charge >= 0.3 is 5.97 Å². The average molecular weight is 417 g/mol. The Morgan fingerprint density at radius 2 is 1.83 bits per heavy atom. The fraction of sp³-hybridized carbons (Fsp3) is 0.381. The van der Waals surface area contributed by atoms with Gasteiger partial charge in [-0.05, 0) is 61.7 Å². The lowest BCUT2D eigenvalue weighted by atomic mass is 10.0. The molecule has 2 aliphatic heterocycles. The first-order valence-electron chi connectivity index (χ1n) is 9.69. The number of hydrogen-bond donors (Lipinski definition) is 0. The van der Waals surface area contributed by atoms with Gasteiger partial charge in [-0.3, -0.25) is 0 Å². The molecule has 1 atom stereocenters. The van der Waals surface area contributed by atoms with Crippen LogP contribution in [0.5, 0.6) is 11.5 Å². The molecule has 0 N–H and O–H groups in total. The summed E-state index contributed by atoms with van der Waals surface area (Å²) < 4.78 is 44.2. The molecule has 2 aromatic rings. The third-order valence-corrected chi connectivity index (χ3v) is 7.05. The SMILES string of the molecule is CCOC(=O)c1ccc(S(=O)(=O)N2CCC[C@H]2c2ccc3c(c2)OCCO3)cc1. The number of sulfonamides is 1. The predicted octanol–water partition coefficient (Wildman–Crippen LogP) is 3.16. The maximum Gasteiger partial charge on any atom is 0.338 e. The highest BCUT2D eigenvalue weighted by molar-refractivity contribution is 7.89. The second-order valence-corrected chi connectivity index (χ2v) is 8.81. The summed E-state index contributed by atoms with van der Waals surface area (Å²) in [4.78, 5) is 12.0. The van der Waals surface area contributed by atoms with Gasteiger partial charge in [0.2, 0.25) is 10.0 Å². The standard InChI is InChI=1S/C21H23NO6S/c1-2-26-21(23)15-5-8-17(9-6-15)29(24,25)22-11-3-4-18(22)16-7-10-19-20(14-16)28-13-12-27-19/h5-10,14,18H,2-4,11-13H2,1H3/t18-/m0/s1. The van der Waals surface area contributed by atoms with Gasteiger partial charge in [0.1, 0.15) is 13.2 Å². The van der Waals surface area contributed by atoms with Crippen molar-refractivity contribution >= 4 is 16.0 Å². The van der Waals surface area contributed by atoms with Crippen LogP contribution in [0.25, 0.3) is 0 Å². The minimum absolute atomic E-state index is 0.162. The zero-order valence-electron chi connectivity index (χ0n) is 16.2. The van der Waals surface area contributed by atoms with Crippen LogP contribution in [0.2, 0.25) is 0 Å². The van der Waals surface area contributed by atoms with E-state index in [4.69, 9.17) is 14.2 Å². The van der Waals surface area contributed by atoms with Crippen molar-refractivity contribution in [3.05, 3.63) is 53.6 Å². The van der Waals surface area contributed by atoms with E-state index in [1.54, 1.807) is 6.92 Å². The molecule has 0 unspecified atom stereocenters. The van der Waals surface area contributed by atoms with E-state index < -0.39 is 16.0 Å². The van der Waals surface area contributed by atoms with Crippen molar-refractivity contribution < 1.29 is 27.4 Å². The maximum atomic E-state index is 13.3. The normalized spacial score (nSPS) is 19.1. The van der Waals surface area contributed by atoms with Crippen molar-refractivity contribution in [2.45, 2.75) is 30.7 Å². The van der Waals surface area contributed by atoms with E-state index >= 15 is 0 Å². The number of esters is 1. The Labute approximate surface area is 170 Å². The Bertz CT molecular complexity index is 1000. The fourth-order valence-corrected chi connectivity index (χ4v) is 5.42. The van der Waals surface area contributed by atoms with E-state index in [-0.39, 0.29) is 17.5 Å². The van der Waals surface area contributed by atoms with Crippen molar-refractivity contribution in [3.8, 4) is 11.5 Å². The van der Waals surface area contributed by atoms with E-state index in [2.05, 4.69) is 0 Å². The average Bonchev–Trinajstić information content (AvgIpc) is 3.24. The second kappa shape index (κ2) is 8.04. The molecule has 4 rings (SSSR count). The van der Waals surface area contributed by atoms with Crippen LogP contribution in [-0.2, 0) is 14.8 Å².